The number of carbonyl (C=O) groups is 1. The van der Waals surface area contributed by atoms with Gasteiger partial charge in [0.05, 0.1) is 5.71 Å². The van der Waals surface area contributed by atoms with E-state index in [2.05, 4.69) is 11.7 Å². The fourth-order valence-corrected chi connectivity index (χ4v) is 2.64. The summed E-state index contributed by atoms with van der Waals surface area (Å²) in [4.78, 5) is 17.8. The first-order chi connectivity index (χ1) is 13.0. The number of aromatic hydroxyl groups is 2. The Bertz CT molecular complexity index is 764. The highest BCUT2D eigenvalue weighted by Crippen LogP contribution is 2.29. The second kappa shape index (κ2) is 10.2. The number of hydrogen-bond donors (Lipinski definition) is 2. The molecular formula is C21H25NO5. The summed E-state index contributed by atoms with van der Waals surface area (Å²) < 4.78 is 5.44. The first-order valence-corrected chi connectivity index (χ1v) is 8.88. The van der Waals surface area contributed by atoms with Gasteiger partial charge in [-0.25, -0.2) is 4.79 Å². The van der Waals surface area contributed by atoms with Gasteiger partial charge in [0.1, 0.15) is 29.8 Å². The predicted octanol–water partition coefficient (Wildman–Crippen LogP) is 4.04. The van der Waals surface area contributed by atoms with Crippen LogP contribution in [-0.2, 0) is 16.0 Å². The number of nitrogens with zero attached hydrogens (tertiary/aromatic N) is 1. The van der Waals surface area contributed by atoms with Gasteiger partial charge in [0.15, 0.2) is 0 Å². The van der Waals surface area contributed by atoms with Gasteiger partial charge in [0, 0.05) is 18.9 Å². The quantitative estimate of drug-likeness (QED) is 0.362. The highest BCUT2D eigenvalue weighted by atomic mass is 16.6. The first kappa shape index (κ1) is 20.3. The molecule has 1 aliphatic rings. The van der Waals surface area contributed by atoms with Crippen molar-refractivity contribution in [2.75, 3.05) is 6.61 Å². The molecule has 1 aromatic rings. The fourth-order valence-electron chi connectivity index (χ4n) is 2.64. The molecule has 0 fully saturated rings. The minimum Gasteiger partial charge on any atom is -0.508 e. The van der Waals surface area contributed by atoms with E-state index in [0.717, 1.165) is 18.9 Å². The SMILES string of the molecule is C=CCO/N=C1\C=C\CC/C=C/CC(C)OC(=O)c2c(O)cc(O)cc2C1. The number of carbonyl (C=O) groups excluding carboxylic acids is 1. The third kappa shape index (κ3) is 6.33. The molecule has 0 aromatic heterocycles. The van der Waals surface area contributed by atoms with Gasteiger partial charge >= 0.3 is 5.97 Å². The smallest absolute Gasteiger partial charge is 0.342 e. The number of phenolic OH excluding ortho intramolecular Hbond substituents is 2. The lowest BCUT2D eigenvalue weighted by atomic mass is 9.99. The zero-order chi connectivity index (χ0) is 19.6. The van der Waals surface area contributed by atoms with Crippen LogP contribution in [0.1, 0.15) is 42.1 Å². The molecule has 0 spiro atoms. The number of rotatable bonds is 3. The van der Waals surface area contributed by atoms with Crippen LogP contribution in [-0.4, -0.2) is 34.6 Å². The molecule has 6 heteroatoms. The summed E-state index contributed by atoms with van der Waals surface area (Å²) in [6, 6.07) is 2.54. The van der Waals surface area contributed by atoms with E-state index in [-0.39, 0.29) is 36.2 Å². The van der Waals surface area contributed by atoms with Gasteiger partial charge in [-0.2, -0.15) is 0 Å². The molecule has 1 aliphatic heterocycles. The van der Waals surface area contributed by atoms with Gasteiger partial charge in [0.25, 0.3) is 0 Å². The molecule has 0 amide bonds. The standard InChI is InChI=1S/C21H25NO5/c1-3-11-26-22-17-10-8-6-4-5-7-9-15(2)27-21(25)20-16(12-17)13-18(23)14-19(20)24/h3,5,7-8,10,13-15,23-24H,1,4,6,9,11-12H2,2H3/b7-5+,10-8+,22-17+. The van der Waals surface area contributed by atoms with Gasteiger partial charge in [-0.15, -0.1) is 0 Å². The second-order valence-electron chi connectivity index (χ2n) is 6.25. The van der Waals surface area contributed by atoms with Crippen molar-refractivity contribution < 1.29 is 24.6 Å². The van der Waals surface area contributed by atoms with Crippen molar-refractivity contribution in [3.8, 4) is 11.5 Å². The minimum absolute atomic E-state index is 0.0190. The van der Waals surface area contributed by atoms with Crippen LogP contribution in [0.2, 0.25) is 0 Å². The number of hydrogen-bond acceptors (Lipinski definition) is 6. The number of allylic oxidation sites excluding steroid dienone is 3. The molecular weight excluding hydrogens is 346 g/mol. The minimum atomic E-state index is -0.643. The van der Waals surface area contributed by atoms with Crippen LogP contribution in [0.4, 0.5) is 0 Å². The van der Waals surface area contributed by atoms with Crippen molar-refractivity contribution in [2.24, 2.45) is 5.16 Å². The summed E-state index contributed by atoms with van der Waals surface area (Å²) in [6.07, 6.45) is 11.5. The molecule has 1 heterocycles. The van der Waals surface area contributed by atoms with E-state index in [9.17, 15) is 15.0 Å². The first-order valence-electron chi connectivity index (χ1n) is 8.88. The summed E-state index contributed by atoms with van der Waals surface area (Å²) in [5, 5.41) is 24.1. The fraction of sp³-hybridized carbons (Fsp3) is 0.333. The van der Waals surface area contributed by atoms with Gasteiger partial charge in [-0.3, -0.25) is 0 Å². The van der Waals surface area contributed by atoms with Crippen LogP contribution in [0.15, 0.2) is 54.2 Å². The third-order valence-corrected chi connectivity index (χ3v) is 3.89. The summed E-state index contributed by atoms with van der Waals surface area (Å²) in [6.45, 7) is 5.62. The maximum atomic E-state index is 12.6. The van der Waals surface area contributed by atoms with E-state index < -0.39 is 5.97 Å². The van der Waals surface area contributed by atoms with Crippen LogP contribution >= 0.6 is 0 Å². The molecule has 0 radical (unpaired) electrons. The Balaban J connectivity index is 2.44. The molecule has 144 valence electrons. The molecule has 27 heavy (non-hydrogen) atoms. The summed E-state index contributed by atoms with van der Waals surface area (Å²) in [7, 11) is 0. The maximum absolute atomic E-state index is 12.6. The van der Waals surface area contributed by atoms with E-state index in [4.69, 9.17) is 9.57 Å². The molecule has 0 saturated carbocycles. The van der Waals surface area contributed by atoms with Gasteiger partial charge in [-0.1, -0.05) is 36.0 Å². The monoisotopic (exact) mass is 371 g/mol. The molecule has 2 N–H and O–H groups in total. The maximum Gasteiger partial charge on any atom is 0.342 e. The Morgan fingerprint density at radius 3 is 2.85 bits per heavy atom. The van der Waals surface area contributed by atoms with E-state index in [1.807, 2.05) is 24.3 Å². The van der Waals surface area contributed by atoms with Crippen LogP contribution in [0.5, 0.6) is 11.5 Å². The molecule has 0 aliphatic carbocycles. The number of fused-ring (bicyclic) bond motifs is 1. The van der Waals surface area contributed by atoms with Crippen LogP contribution in [0, 0.1) is 0 Å². The molecule has 2 rings (SSSR count). The Morgan fingerprint density at radius 1 is 1.30 bits per heavy atom. The Morgan fingerprint density at radius 2 is 2.07 bits per heavy atom. The normalized spacial score (nSPS) is 22.2. The molecule has 0 saturated heterocycles. The van der Waals surface area contributed by atoms with Crippen molar-refractivity contribution in [3.63, 3.8) is 0 Å². The predicted molar refractivity (Wildman–Crippen MR) is 104 cm³/mol. The summed E-state index contributed by atoms with van der Waals surface area (Å²) >= 11 is 0. The Hall–Kier alpha value is -3.02. The lowest BCUT2D eigenvalue weighted by molar-refractivity contribution is 0.0343. The summed E-state index contributed by atoms with van der Waals surface area (Å²) in [5.74, 6) is -1.12. The van der Waals surface area contributed by atoms with Crippen molar-refractivity contribution in [1.29, 1.82) is 0 Å². The van der Waals surface area contributed by atoms with E-state index >= 15 is 0 Å². The van der Waals surface area contributed by atoms with Crippen molar-refractivity contribution in [3.05, 3.63) is 60.2 Å². The Kier molecular flexibility index (Phi) is 7.67. The van der Waals surface area contributed by atoms with Gasteiger partial charge in [-0.05, 0) is 37.5 Å². The number of esters is 1. The Labute approximate surface area is 159 Å². The zero-order valence-electron chi connectivity index (χ0n) is 15.4. The lowest BCUT2D eigenvalue weighted by Crippen LogP contribution is -2.17. The van der Waals surface area contributed by atoms with Crippen LogP contribution < -0.4 is 0 Å². The lowest BCUT2D eigenvalue weighted by Gasteiger charge is -2.15. The number of benzene rings is 1. The molecule has 1 aromatic carbocycles. The van der Waals surface area contributed by atoms with Crippen LogP contribution in [0.25, 0.3) is 0 Å². The van der Waals surface area contributed by atoms with Crippen molar-refractivity contribution in [1.82, 2.24) is 0 Å². The largest absolute Gasteiger partial charge is 0.508 e. The van der Waals surface area contributed by atoms with E-state index in [1.165, 1.54) is 6.07 Å². The number of cyclic esters (lactones) is 1. The molecule has 0 bridgehead atoms. The van der Waals surface area contributed by atoms with Crippen LogP contribution in [0.3, 0.4) is 0 Å². The molecule has 1 unspecified atom stereocenters. The zero-order valence-corrected chi connectivity index (χ0v) is 15.4. The highest BCUT2D eigenvalue weighted by molar-refractivity contribution is 6.00. The van der Waals surface area contributed by atoms with E-state index in [1.54, 1.807) is 13.0 Å². The van der Waals surface area contributed by atoms with E-state index in [0.29, 0.717) is 17.7 Å². The molecule has 1 atom stereocenters. The van der Waals surface area contributed by atoms with Gasteiger partial charge in [0.2, 0.25) is 0 Å². The molecule has 6 nitrogen and oxygen atoms in total. The number of phenols is 2. The van der Waals surface area contributed by atoms with Crippen molar-refractivity contribution >= 4 is 11.7 Å². The number of oxime groups is 1. The average molecular weight is 371 g/mol. The number of ether oxygens (including phenoxy) is 1. The third-order valence-electron chi connectivity index (χ3n) is 3.89. The average Bonchev–Trinajstić information content (AvgIpc) is 2.59. The van der Waals surface area contributed by atoms with Crippen molar-refractivity contribution in [2.45, 2.75) is 38.7 Å². The topological polar surface area (TPSA) is 88.4 Å². The van der Waals surface area contributed by atoms with Gasteiger partial charge < -0.3 is 19.8 Å². The second-order valence-corrected chi connectivity index (χ2v) is 6.25. The summed E-state index contributed by atoms with van der Waals surface area (Å²) in [5.41, 5.74) is 0.971. The highest BCUT2D eigenvalue weighted by Gasteiger charge is 2.22.